The van der Waals surface area contributed by atoms with E-state index in [0.29, 0.717) is 0 Å². The molecule has 1 saturated carbocycles. The van der Waals surface area contributed by atoms with Gasteiger partial charge in [-0.3, -0.25) is 4.98 Å². The number of rotatable bonds is 2. The van der Waals surface area contributed by atoms with Crippen molar-refractivity contribution in [2.75, 3.05) is 0 Å². The minimum atomic E-state index is 0.720. The van der Waals surface area contributed by atoms with Gasteiger partial charge in [0, 0.05) is 27.9 Å². The van der Waals surface area contributed by atoms with E-state index in [0.717, 1.165) is 28.3 Å². The fraction of sp³-hybridized carbons (Fsp3) is 0.222. The Morgan fingerprint density at radius 2 is 1.76 bits per heavy atom. The fourth-order valence-corrected chi connectivity index (χ4v) is 5.10. The van der Waals surface area contributed by atoms with Crippen molar-refractivity contribution in [2.24, 2.45) is 0 Å². The van der Waals surface area contributed by atoms with Crippen LogP contribution in [0.15, 0.2) is 71.3 Å². The molecule has 29 heavy (non-hydrogen) atoms. The molecule has 0 amide bonds. The summed E-state index contributed by atoms with van der Waals surface area (Å²) in [5, 5.41) is 4.83. The number of benzene rings is 3. The molecule has 0 N–H and O–H groups in total. The minimum absolute atomic E-state index is 0.720. The van der Waals surface area contributed by atoms with Crippen molar-refractivity contribution in [3.8, 4) is 11.3 Å². The Morgan fingerprint density at radius 1 is 0.897 bits per heavy atom. The van der Waals surface area contributed by atoms with Gasteiger partial charge in [-0.25, -0.2) is 0 Å². The van der Waals surface area contributed by atoms with Crippen molar-refractivity contribution in [2.45, 2.75) is 38.5 Å². The monoisotopic (exact) mass is 377 g/mol. The van der Waals surface area contributed by atoms with Crippen LogP contribution in [-0.2, 0) is 0 Å². The summed E-state index contributed by atoms with van der Waals surface area (Å²) in [6, 6.07) is 21.7. The average molecular weight is 377 g/mol. The molecule has 142 valence electrons. The molecule has 0 radical (unpaired) electrons. The highest BCUT2D eigenvalue weighted by atomic mass is 16.3. The third-order valence-electron chi connectivity index (χ3n) is 6.60. The lowest BCUT2D eigenvalue weighted by Gasteiger charge is -2.12. The quantitative estimate of drug-likeness (QED) is 0.314. The summed E-state index contributed by atoms with van der Waals surface area (Å²) in [6.07, 6.45) is 7.29. The molecule has 1 fully saturated rings. The number of pyridine rings is 1. The van der Waals surface area contributed by atoms with E-state index in [1.807, 2.05) is 18.3 Å². The van der Waals surface area contributed by atoms with E-state index < -0.39 is 0 Å². The van der Waals surface area contributed by atoms with Gasteiger partial charge in [0.05, 0.1) is 5.69 Å². The number of para-hydroxylation sites is 1. The summed E-state index contributed by atoms with van der Waals surface area (Å²) < 4.78 is 6.33. The van der Waals surface area contributed by atoms with Crippen molar-refractivity contribution < 1.29 is 4.42 Å². The van der Waals surface area contributed by atoms with Gasteiger partial charge in [-0.15, -0.1) is 0 Å². The zero-order chi connectivity index (χ0) is 19.4. The fourth-order valence-electron chi connectivity index (χ4n) is 5.10. The van der Waals surface area contributed by atoms with Gasteiger partial charge >= 0.3 is 0 Å². The third kappa shape index (κ3) is 2.59. The molecule has 0 bridgehead atoms. The Labute approximate surface area is 170 Å². The largest absolute Gasteiger partial charge is 0.455 e. The van der Waals surface area contributed by atoms with E-state index in [1.54, 1.807) is 0 Å². The van der Waals surface area contributed by atoms with E-state index in [4.69, 9.17) is 9.40 Å². The highest BCUT2D eigenvalue weighted by molar-refractivity contribution is 6.12. The van der Waals surface area contributed by atoms with Crippen LogP contribution in [0.5, 0.6) is 0 Å². The molecule has 1 aliphatic rings. The number of nitrogens with zero attached hydrogens (tertiary/aromatic N) is 1. The topological polar surface area (TPSA) is 26.0 Å². The van der Waals surface area contributed by atoms with Crippen molar-refractivity contribution >= 4 is 32.7 Å². The van der Waals surface area contributed by atoms with Crippen molar-refractivity contribution in [1.82, 2.24) is 4.98 Å². The van der Waals surface area contributed by atoms with E-state index in [-0.39, 0.29) is 0 Å². The summed E-state index contributed by atoms with van der Waals surface area (Å²) in [6.45, 7) is 2.15. The van der Waals surface area contributed by atoms with E-state index >= 15 is 0 Å². The first-order valence-corrected chi connectivity index (χ1v) is 10.6. The second-order valence-corrected chi connectivity index (χ2v) is 8.35. The second-order valence-electron chi connectivity index (χ2n) is 8.35. The summed E-state index contributed by atoms with van der Waals surface area (Å²) in [7, 11) is 0. The maximum Gasteiger partial charge on any atom is 0.145 e. The maximum absolute atomic E-state index is 6.33. The molecule has 0 spiro atoms. The lowest BCUT2D eigenvalue weighted by Crippen LogP contribution is -1.93. The Morgan fingerprint density at radius 3 is 2.66 bits per heavy atom. The Bertz CT molecular complexity index is 1370. The molecule has 1 aliphatic carbocycles. The molecule has 2 nitrogen and oxygen atoms in total. The minimum Gasteiger partial charge on any atom is -0.455 e. The van der Waals surface area contributed by atoms with Gasteiger partial charge in [-0.05, 0) is 60.4 Å². The number of aromatic nitrogens is 1. The van der Waals surface area contributed by atoms with Crippen LogP contribution in [0.2, 0.25) is 0 Å². The predicted octanol–water partition coefficient (Wildman–Crippen LogP) is 7.77. The van der Waals surface area contributed by atoms with Gasteiger partial charge in [0.2, 0.25) is 0 Å². The van der Waals surface area contributed by atoms with Gasteiger partial charge in [-0.2, -0.15) is 0 Å². The molecule has 2 heterocycles. The summed E-state index contributed by atoms with van der Waals surface area (Å²) in [4.78, 5) is 4.79. The van der Waals surface area contributed by atoms with Gasteiger partial charge in [0.25, 0.3) is 0 Å². The molecule has 0 aliphatic heterocycles. The van der Waals surface area contributed by atoms with Crippen molar-refractivity contribution in [1.29, 1.82) is 0 Å². The molecule has 6 rings (SSSR count). The van der Waals surface area contributed by atoms with Crippen LogP contribution in [0.4, 0.5) is 0 Å². The Balaban J connectivity index is 1.60. The van der Waals surface area contributed by atoms with Gasteiger partial charge < -0.3 is 4.42 Å². The SMILES string of the molecule is Cc1ccc(-c2nccc3cc(C4CCCC4)ccc23)c2oc3ccccc3c12. The molecular weight excluding hydrogens is 354 g/mol. The number of furan rings is 1. The zero-order valence-electron chi connectivity index (χ0n) is 16.6. The first-order chi connectivity index (χ1) is 14.3. The summed E-state index contributed by atoms with van der Waals surface area (Å²) in [5.41, 5.74) is 6.65. The van der Waals surface area contributed by atoms with Crippen LogP contribution in [0.1, 0.15) is 42.7 Å². The van der Waals surface area contributed by atoms with Crippen LogP contribution in [-0.4, -0.2) is 4.98 Å². The molecular formula is C27H23NO. The highest BCUT2D eigenvalue weighted by Crippen LogP contribution is 2.40. The average Bonchev–Trinajstić information content (AvgIpc) is 3.42. The highest BCUT2D eigenvalue weighted by Gasteiger charge is 2.19. The molecule has 0 saturated heterocycles. The zero-order valence-corrected chi connectivity index (χ0v) is 16.6. The van der Waals surface area contributed by atoms with Crippen LogP contribution in [0.25, 0.3) is 44.0 Å². The molecule has 0 atom stereocenters. The lowest BCUT2D eigenvalue weighted by molar-refractivity contribution is 0.669. The number of hydrogen-bond acceptors (Lipinski definition) is 2. The van der Waals surface area contributed by atoms with Crippen molar-refractivity contribution in [3.05, 3.63) is 78.0 Å². The molecule has 0 unspecified atom stereocenters. The van der Waals surface area contributed by atoms with Gasteiger partial charge in [-0.1, -0.05) is 55.3 Å². The van der Waals surface area contributed by atoms with E-state index in [9.17, 15) is 0 Å². The lowest BCUT2D eigenvalue weighted by atomic mass is 9.93. The molecule has 3 aromatic carbocycles. The smallest absolute Gasteiger partial charge is 0.145 e. The van der Waals surface area contributed by atoms with Crippen molar-refractivity contribution in [3.63, 3.8) is 0 Å². The standard InChI is InChI=1S/C27H23NO/c1-17-10-12-23(27-25(17)22-8-4-5-9-24(22)29-27)26-21-13-11-19(18-6-2-3-7-18)16-20(21)14-15-28-26/h4-5,8-16,18H,2-3,6-7H2,1H3. The molecule has 5 aromatic rings. The second kappa shape index (κ2) is 6.45. The molecule has 2 aromatic heterocycles. The first-order valence-electron chi connectivity index (χ1n) is 10.6. The predicted molar refractivity (Wildman–Crippen MR) is 120 cm³/mol. The van der Waals surface area contributed by atoms with E-state index in [2.05, 4.69) is 55.5 Å². The van der Waals surface area contributed by atoms with Crippen LogP contribution >= 0.6 is 0 Å². The van der Waals surface area contributed by atoms with Gasteiger partial charge in [0.1, 0.15) is 11.2 Å². The Kier molecular flexibility index (Phi) is 3.73. The number of aryl methyl sites for hydroxylation is 1. The maximum atomic E-state index is 6.33. The number of fused-ring (bicyclic) bond motifs is 4. The third-order valence-corrected chi connectivity index (χ3v) is 6.60. The Hall–Kier alpha value is -3.13. The first kappa shape index (κ1) is 16.8. The normalized spacial score (nSPS) is 15.1. The van der Waals surface area contributed by atoms with Gasteiger partial charge in [0.15, 0.2) is 0 Å². The summed E-state index contributed by atoms with van der Waals surface area (Å²) in [5.74, 6) is 0.720. The van der Waals surface area contributed by atoms with Crippen LogP contribution < -0.4 is 0 Å². The number of hydrogen-bond donors (Lipinski definition) is 0. The molecule has 2 heteroatoms. The summed E-state index contributed by atoms with van der Waals surface area (Å²) >= 11 is 0. The van der Waals surface area contributed by atoms with Crippen LogP contribution in [0.3, 0.4) is 0 Å². The van der Waals surface area contributed by atoms with E-state index in [1.165, 1.54) is 58.4 Å². The van der Waals surface area contributed by atoms with Crippen LogP contribution in [0, 0.1) is 6.92 Å².